The van der Waals surface area contributed by atoms with Crippen molar-refractivity contribution in [2.75, 3.05) is 13.7 Å². The van der Waals surface area contributed by atoms with Gasteiger partial charge in [0.05, 0.1) is 25.2 Å². The SMILES string of the molecule is COc1cc(C=NN2C(=O)C3C4C=CC(C4)C3C2=O)c(Br)c(Cl)c1OCC(N)=O. The molecule has 1 heterocycles. The first-order chi connectivity index (χ1) is 13.8. The second kappa shape index (κ2) is 7.46. The fourth-order valence-corrected chi connectivity index (χ4v) is 4.90. The number of carbonyl (C=O) groups excluding carboxylic acids is 3. The van der Waals surface area contributed by atoms with Gasteiger partial charge in [-0.2, -0.15) is 10.1 Å². The molecule has 2 fully saturated rings. The third kappa shape index (κ3) is 3.22. The van der Waals surface area contributed by atoms with E-state index in [-0.39, 0.29) is 58.6 Å². The molecule has 1 saturated heterocycles. The molecule has 0 radical (unpaired) electrons. The lowest BCUT2D eigenvalue weighted by atomic mass is 9.85. The van der Waals surface area contributed by atoms with Crippen LogP contribution in [-0.4, -0.2) is 42.7 Å². The first kappa shape index (κ1) is 19.9. The van der Waals surface area contributed by atoms with Gasteiger partial charge in [-0.15, -0.1) is 0 Å². The Morgan fingerprint density at radius 3 is 2.52 bits per heavy atom. The zero-order valence-electron chi connectivity index (χ0n) is 15.3. The van der Waals surface area contributed by atoms with E-state index in [1.54, 1.807) is 6.07 Å². The number of amides is 3. The molecular formula is C19H17BrClN3O5. The third-order valence-corrected chi connectivity index (χ3v) is 6.94. The van der Waals surface area contributed by atoms with E-state index < -0.39 is 5.91 Å². The first-order valence-electron chi connectivity index (χ1n) is 8.90. The minimum absolute atomic E-state index is 0.115. The number of nitrogens with zero attached hydrogens (tertiary/aromatic N) is 2. The number of allylic oxidation sites excluding steroid dienone is 2. The summed E-state index contributed by atoms with van der Waals surface area (Å²) in [6.45, 7) is -0.369. The van der Waals surface area contributed by atoms with Gasteiger partial charge in [-0.3, -0.25) is 14.4 Å². The van der Waals surface area contributed by atoms with E-state index in [1.807, 2.05) is 12.2 Å². The Balaban J connectivity index is 1.60. The summed E-state index contributed by atoms with van der Waals surface area (Å²) in [5.41, 5.74) is 5.57. The molecule has 2 N–H and O–H groups in total. The smallest absolute Gasteiger partial charge is 0.255 e. The molecule has 1 aliphatic heterocycles. The van der Waals surface area contributed by atoms with Crippen LogP contribution in [0.1, 0.15) is 12.0 Å². The molecule has 4 unspecified atom stereocenters. The quantitative estimate of drug-likeness (QED) is 0.379. The second-order valence-electron chi connectivity index (χ2n) is 7.11. The predicted octanol–water partition coefficient (Wildman–Crippen LogP) is 2.12. The van der Waals surface area contributed by atoms with Crippen LogP contribution in [0.4, 0.5) is 0 Å². The molecule has 29 heavy (non-hydrogen) atoms. The molecule has 3 amide bonds. The summed E-state index contributed by atoms with van der Waals surface area (Å²) in [7, 11) is 1.41. The lowest BCUT2D eigenvalue weighted by Gasteiger charge is -2.15. The fourth-order valence-electron chi connectivity index (χ4n) is 4.25. The predicted molar refractivity (Wildman–Crippen MR) is 108 cm³/mol. The molecule has 1 aromatic rings. The molecule has 3 aliphatic rings. The van der Waals surface area contributed by atoms with Crippen molar-refractivity contribution in [1.29, 1.82) is 0 Å². The van der Waals surface area contributed by atoms with Crippen LogP contribution in [0.2, 0.25) is 5.02 Å². The Morgan fingerprint density at radius 2 is 1.97 bits per heavy atom. The van der Waals surface area contributed by atoms with E-state index in [1.165, 1.54) is 13.3 Å². The standard InChI is InChI=1S/C19H17BrClN3O5/c1-28-11-5-10(15(20)16(21)17(11)29-7-12(22)25)6-23-24-18(26)13-8-2-3-9(4-8)14(13)19(24)27/h2-3,5-6,8-9,13-14H,4,7H2,1H3,(H2,22,25). The Morgan fingerprint density at radius 1 is 1.34 bits per heavy atom. The molecule has 4 rings (SSSR count). The fraction of sp³-hybridized carbons (Fsp3) is 0.368. The van der Waals surface area contributed by atoms with Crippen molar-refractivity contribution in [2.45, 2.75) is 6.42 Å². The van der Waals surface area contributed by atoms with Crippen LogP contribution in [0.25, 0.3) is 0 Å². The normalized spacial score (nSPS) is 27.2. The molecule has 10 heteroatoms. The van der Waals surface area contributed by atoms with Gasteiger partial charge >= 0.3 is 0 Å². The summed E-state index contributed by atoms with van der Waals surface area (Å²) in [5, 5.41) is 5.23. The van der Waals surface area contributed by atoms with Gasteiger partial charge in [0, 0.05) is 10.0 Å². The number of hydrogen-bond acceptors (Lipinski definition) is 6. The number of halogens is 2. The number of hydrazone groups is 1. The summed E-state index contributed by atoms with van der Waals surface area (Å²) in [5.74, 6) is -1.23. The molecule has 0 spiro atoms. The van der Waals surface area contributed by atoms with Crippen molar-refractivity contribution in [3.8, 4) is 11.5 Å². The number of nitrogens with two attached hydrogens (primary N) is 1. The Hall–Kier alpha value is -2.39. The van der Waals surface area contributed by atoms with Gasteiger partial charge in [0.15, 0.2) is 18.1 Å². The van der Waals surface area contributed by atoms with E-state index in [4.69, 9.17) is 26.8 Å². The maximum absolute atomic E-state index is 12.7. The Bertz CT molecular complexity index is 949. The van der Waals surface area contributed by atoms with Crippen molar-refractivity contribution in [1.82, 2.24) is 5.01 Å². The third-order valence-electron chi connectivity index (χ3n) is 5.49. The van der Waals surface area contributed by atoms with E-state index in [0.717, 1.165) is 11.4 Å². The Kier molecular flexibility index (Phi) is 5.12. The molecular weight excluding hydrogens is 466 g/mol. The van der Waals surface area contributed by atoms with Crippen LogP contribution in [0.15, 0.2) is 27.8 Å². The lowest BCUT2D eigenvalue weighted by molar-refractivity contribution is -0.140. The van der Waals surface area contributed by atoms with Crippen molar-refractivity contribution in [2.24, 2.45) is 34.5 Å². The van der Waals surface area contributed by atoms with Crippen molar-refractivity contribution in [3.63, 3.8) is 0 Å². The van der Waals surface area contributed by atoms with Crippen LogP contribution in [0.3, 0.4) is 0 Å². The van der Waals surface area contributed by atoms with Crippen LogP contribution in [0.5, 0.6) is 11.5 Å². The van der Waals surface area contributed by atoms with Crippen LogP contribution >= 0.6 is 27.5 Å². The maximum atomic E-state index is 12.7. The highest BCUT2D eigenvalue weighted by atomic mass is 79.9. The molecule has 2 aliphatic carbocycles. The van der Waals surface area contributed by atoms with Gasteiger partial charge in [0.25, 0.3) is 17.7 Å². The number of carbonyl (C=O) groups is 3. The number of primary amides is 1. The van der Waals surface area contributed by atoms with Gasteiger partial charge in [-0.05, 0) is 40.3 Å². The number of methoxy groups -OCH3 is 1. The summed E-state index contributed by atoms with van der Waals surface area (Å²) in [6.07, 6.45) is 6.27. The number of ether oxygens (including phenoxy) is 2. The number of hydrogen-bond donors (Lipinski definition) is 1. The molecule has 1 saturated carbocycles. The van der Waals surface area contributed by atoms with Crippen LogP contribution < -0.4 is 15.2 Å². The first-order valence-corrected chi connectivity index (χ1v) is 10.1. The topological polar surface area (TPSA) is 111 Å². The molecule has 8 nitrogen and oxygen atoms in total. The zero-order valence-corrected chi connectivity index (χ0v) is 17.6. The van der Waals surface area contributed by atoms with Gasteiger partial charge in [0.2, 0.25) is 0 Å². The van der Waals surface area contributed by atoms with E-state index in [2.05, 4.69) is 21.0 Å². The highest BCUT2D eigenvalue weighted by molar-refractivity contribution is 9.10. The average molecular weight is 483 g/mol. The van der Waals surface area contributed by atoms with Gasteiger partial charge in [0.1, 0.15) is 5.02 Å². The molecule has 2 bridgehead atoms. The molecule has 0 aromatic heterocycles. The van der Waals surface area contributed by atoms with Gasteiger partial charge < -0.3 is 15.2 Å². The van der Waals surface area contributed by atoms with Gasteiger partial charge in [-0.1, -0.05) is 23.8 Å². The van der Waals surface area contributed by atoms with Crippen molar-refractivity contribution in [3.05, 3.63) is 33.3 Å². The molecule has 4 atom stereocenters. The highest BCUT2D eigenvalue weighted by Gasteiger charge is 2.59. The average Bonchev–Trinajstić information content (AvgIpc) is 3.36. The Labute approximate surface area is 179 Å². The largest absolute Gasteiger partial charge is 0.493 e. The van der Waals surface area contributed by atoms with Crippen LogP contribution in [0, 0.1) is 23.7 Å². The van der Waals surface area contributed by atoms with E-state index in [0.29, 0.717) is 10.0 Å². The monoisotopic (exact) mass is 481 g/mol. The van der Waals surface area contributed by atoms with Gasteiger partial charge in [-0.25, -0.2) is 0 Å². The summed E-state index contributed by atoms with van der Waals surface area (Å²) >= 11 is 9.67. The summed E-state index contributed by atoms with van der Waals surface area (Å²) in [4.78, 5) is 36.4. The number of imide groups is 1. The number of benzene rings is 1. The maximum Gasteiger partial charge on any atom is 0.255 e. The number of rotatable bonds is 6. The summed E-state index contributed by atoms with van der Waals surface area (Å²) in [6, 6.07) is 1.56. The van der Waals surface area contributed by atoms with Crippen LogP contribution in [-0.2, 0) is 14.4 Å². The minimum Gasteiger partial charge on any atom is -0.493 e. The highest BCUT2D eigenvalue weighted by Crippen LogP contribution is 2.52. The zero-order chi connectivity index (χ0) is 20.9. The van der Waals surface area contributed by atoms with Crippen molar-refractivity contribution < 1.29 is 23.9 Å². The molecule has 152 valence electrons. The van der Waals surface area contributed by atoms with E-state index in [9.17, 15) is 14.4 Å². The minimum atomic E-state index is -0.662. The number of fused-ring (bicyclic) bond motifs is 5. The molecule has 1 aromatic carbocycles. The van der Waals surface area contributed by atoms with E-state index >= 15 is 0 Å². The van der Waals surface area contributed by atoms with Crippen molar-refractivity contribution >= 4 is 51.5 Å². The second-order valence-corrected chi connectivity index (χ2v) is 8.28. The lowest BCUT2D eigenvalue weighted by Crippen LogP contribution is -2.28. The summed E-state index contributed by atoms with van der Waals surface area (Å²) < 4.78 is 11.0.